The summed E-state index contributed by atoms with van der Waals surface area (Å²) in [6.07, 6.45) is 1.68. The van der Waals surface area contributed by atoms with Gasteiger partial charge in [-0.05, 0) is 60.8 Å². The lowest BCUT2D eigenvalue weighted by Crippen LogP contribution is -2.45. The van der Waals surface area contributed by atoms with Gasteiger partial charge < -0.3 is 14.8 Å². The molecule has 1 aliphatic rings. The smallest absolute Gasteiger partial charge is 0.251 e. The summed E-state index contributed by atoms with van der Waals surface area (Å²) < 4.78 is 11.6. The van der Waals surface area contributed by atoms with Gasteiger partial charge in [0, 0.05) is 18.2 Å². The second kappa shape index (κ2) is 6.14. The van der Waals surface area contributed by atoms with E-state index in [0.29, 0.717) is 17.9 Å². The molecule has 1 N–H and O–H groups in total. The van der Waals surface area contributed by atoms with Crippen LogP contribution in [-0.4, -0.2) is 31.3 Å². The molecule has 0 saturated carbocycles. The summed E-state index contributed by atoms with van der Waals surface area (Å²) in [6, 6.07) is 5.49. The lowest BCUT2D eigenvalue weighted by atomic mass is 9.94. The van der Waals surface area contributed by atoms with E-state index in [-0.39, 0.29) is 17.6 Å². The molecule has 0 radical (unpaired) electrons. The quantitative estimate of drug-likeness (QED) is 0.918. The Hall–Kier alpha value is -1.07. The number of nitrogens with one attached hydrogen (secondary N) is 1. The minimum Gasteiger partial charge on any atom is -0.496 e. The Bertz CT molecular complexity index is 502. The number of hydrogen-bond donors (Lipinski definition) is 1. The normalized spacial score (nSPS) is 21.3. The van der Waals surface area contributed by atoms with Gasteiger partial charge in [0.15, 0.2) is 0 Å². The molecule has 1 saturated heterocycles. The number of methoxy groups -OCH3 is 1. The van der Waals surface area contributed by atoms with Crippen LogP contribution >= 0.6 is 15.9 Å². The van der Waals surface area contributed by atoms with Gasteiger partial charge in [-0.2, -0.15) is 0 Å². The summed E-state index contributed by atoms with van der Waals surface area (Å²) in [4.78, 5) is 12.3. The zero-order valence-electron chi connectivity index (χ0n) is 12.0. The van der Waals surface area contributed by atoms with Crippen LogP contribution in [0.25, 0.3) is 0 Å². The standard InChI is InChI=1S/C15H20BrNO3/c1-15(2)9-11(6-7-20-15)17-14(18)10-4-5-13(19-3)12(16)8-10/h4-5,8,11H,6-7,9H2,1-3H3,(H,17,18). The van der Waals surface area contributed by atoms with Crippen LogP contribution < -0.4 is 10.1 Å². The molecule has 0 bridgehead atoms. The Kier molecular flexibility index (Phi) is 4.70. The van der Waals surface area contributed by atoms with Crippen molar-refractivity contribution in [2.24, 2.45) is 0 Å². The summed E-state index contributed by atoms with van der Waals surface area (Å²) >= 11 is 3.39. The maximum Gasteiger partial charge on any atom is 0.251 e. The van der Waals surface area contributed by atoms with Crippen LogP contribution in [0, 0.1) is 0 Å². The molecule has 20 heavy (non-hydrogen) atoms. The third-order valence-electron chi connectivity index (χ3n) is 3.45. The Morgan fingerprint density at radius 1 is 1.50 bits per heavy atom. The van der Waals surface area contributed by atoms with Crippen LogP contribution in [0.5, 0.6) is 5.75 Å². The fourth-order valence-electron chi connectivity index (χ4n) is 2.43. The van der Waals surface area contributed by atoms with Gasteiger partial charge in [0.25, 0.3) is 5.91 Å². The van der Waals surface area contributed by atoms with Crippen molar-refractivity contribution in [2.75, 3.05) is 13.7 Å². The van der Waals surface area contributed by atoms with E-state index in [9.17, 15) is 4.79 Å². The van der Waals surface area contributed by atoms with Crippen LogP contribution in [0.2, 0.25) is 0 Å². The summed E-state index contributed by atoms with van der Waals surface area (Å²) in [5, 5.41) is 3.07. The molecule has 1 unspecified atom stereocenters. The predicted octanol–water partition coefficient (Wildman–Crippen LogP) is 3.15. The molecule has 1 atom stereocenters. The monoisotopic (exact) mass is 341 g/mol. The molecule has 0 aliphatic carbocycles. The maximum atomic E-state index is 12.3. The van der Waals surface area contributed by atoms with Crippen molar-refractivity contribution in [1.82, 2.24) is 5.32 Å². The van der Waals surface area contributed by atoms with E-state index in [0.717, 1.165) is 17.3 Å². The van der Waals surface area contributed by atoms with E-state index >= 15 is 0 Å². The second-order valence-electron chi connectivity index (χ2n) is 5.62. The van der Waals surface area contributed by atoms with Gasteiger partial charge in [0.2, 0.25) is 0 Å². The van der Waals surface area contributed by atoms with Crippen molar-refractivity contribution in [3.63, 3.8) is 0 Å². The highest BCUT2D eigenvalue weighted by Crippen LogP contribution is 2.27. The molecule has 2 rings (SSSR count). The van der Waals surface area contributed by atoms with Crippen LogP contribution in [0.1, 0.15) is 37.0 Å². The van der Waals surface area contributed by atoms with E-state index in [4.69, 9.17) is 9.47 Å². The molecule has 1 heterocycles. The minimum absolute atomic E-state index is 0.0592. The number of carbonyl (C=O) groups is 1. The lowest BCUT2D eigenvalue weighted by molar-refractivity contribution is -0.0615. The van der Waals surface area contributed by atoms with E-state index in [1.807, 2.05) is 0 Å². The third kappa shape index (κ3) is 3.73. The fraction of sp³-hybridized carbons (Fsp3) is 0.533. The van der Waals surface area contributed by atoms with E-state index < -0.39 is 0 Å². The zero-order valence-corrected chi connectivity index (χ0v) is 13.6. The first-order valence-electron chi connectivity index (χ1n) is 6.70. The first-order valence-corrected chi connectivity index (χ1v) is 7.49. The van der Waals surface area contributed by atoms with Gasteiger partial charge in [-0.3, -0.25) is 4.79 Å². The molecule has 1 fully saturated rings. The molecule has 1 aromatic rings. The molecular formula is C15H20BrNO3. The molecule has 0 spiro atoms. The summed E-state index contributed by atoms with van der Waals surface area (Å²) in [5.41, 5.74) is 0.457. The number of benzene rings is 1. The van der Waals surface area contributed by atoms with Gasteiger partial charge in [-0.15, -0.1) is 0 Å². The third-order valence-corrected chi connectivity index (χ3v) is 4.07. The number of carbonyl (C=O) groups excluding carboxylic acids is 1. The maximum absolute atomic E-state index is 12.3. The Morgan fingerprint density at radius 2 is 2.25 bits per heavy atom. The van der Waals surface area contributed by atoms with Crippen LogP contribution in [0.4, 0.5) is 0 Å². The summed E-state index contributed by atoms with van der Waals surface area (Å²) in [7, 11) is 1.60. The van der Waals surface area contributed by atoms with Gasteiger partial charge in [0.1, 0.15) is 5.75 Å². The van der Waals surface area contributed by atoms with Crippen LogP contribution in [0.3, 0.4) is 0 Å². The first kappa shape index (κ1) is 15.3. The Balaban J connectivity index is 2.03. The molecule has 0 aromatic heterocycles. The van der Waals surface area contributed by atoms with Crippen molar-refractivity contribution in [3.8, 4) is 5.75 Å². The topological polar surface area (TPSA) is 47.6 Å². The van der Waals surface area contributed by atoms with Crippen molar-refractivity contribution in [1.29, 1.82) is 0 Å². The number of halogens is 1. The number of amides is 1. The van der Waals surface area contributed by atoms with Crippen molar-refractivity contribution < 1.29 is 14.3 Å². The van der Waals surface area contributed by atoms with Gasteiger partial charge >= 0.3 is 0 Å². The zero-order chi connectivity index (χ0) is 14.8. The van der Waals surface area contributed by atoms with Gasteiger partial charge in [0.05, 0.1) is 17.2 Å². The molecular weight excluding hydrogens is 322 g/mol. The second-order valence-corrected chi connectivity index (χ2v) is 6.48. The van der Waals surface area contributed by atoms with Crippen LogP contribution in [0.15, 0.2) is 22.7 Å². The highest BCUT2D eigenvalue weighted by Gasteiger charge is 2.29. The minimum atomic E-state index is -0.170. The van der Waals surface area contributed by atoms with E-state index in [2.05, 4.69) is 35.1 Å². The average molecular weight is 342 g/mol. The van der Waals surface area contributed by atoms with E-state index in [1.165, 1.54) is 0 Å². The number of rotatable bonds is 3. The SMILES string of the molecule is COc1ccc(C(=O)NC2CCOC(C)(C)C2)cc1Br. The van der Waals surface area contributed by atoms with Crippen molar-refractivity contribution >= 4 is 21.8 Å². The number of hydrogen-bond acceptors (Lipinski definition) is 3. The molecule has 4 nitrogen and oxygen atoms in total. The van der Waals surface area contributed by atoms with Gasteiger partial charge in [-0.25, -0.2) is 0 Å². The van der Waals surface area contributed by atoms with Gasteiger partial charge in [-0.1, -0.05) is 0 Å². The lowest BCUT2D eigenvalue weighted by Gasteiger charge is -2.35. The highest BCUT2D eigenvalue weighted by molar-refractivity contribution is 9.10. The average Bonchev–Trinajstić information content (AvgIpc) is 2.37. The highest BCUT2D eigenvalue weighted by atomic mass is 79.9. The van der Waals surface area contributed by atoms with Crippen molar-refractivity contribution in [3.05, 3.63) is 28.2 Å². The largest absolute Gasteiger partial charge is 0.496 e. The molecule has 5 heteroatoms. The molecule has 1 aromatic carbocycles. The van der Waals surface area contributed by atoms with Crippen LogP contribution in [-0.2, 0) is 4.74 Å². The number of ether oxygens (including phenoxy) is 2. The summed E-state index contributed by atoms with van der Waals surface area (Å²) in [5.74, 6) is 0.657. The molecule has 1 aliphatic heterocycles. The fourth-order valence-corrected chi connectivity index (χ4v) is 2.97. The summed E-state index contributed by atoms with van der Waals surface area (Å²) in [6.45, 7) is 4.79. The van der Waals surface area contributed by atoms with Crippen molar-refractivity contribution in [2.45, 2.75) is 38.3 Å². The predicted molar refractivity (Wildman–Crippen MR) is 81.2 cm³/mol. The first-order chi connectivity index (χ1) is 9.41. The van der Waals surface area contributed by atoms with E-state index in [1.54, 1.807) is 25.3 Å². The molecule has 1 amide bonds. The molecule has 110 valence electrons. The Morgan fingerprint density at radius 3 is 2.85 bits per heavy atom. The Labute approximate surface area is 128 Å².